The Labute approximate surface area is 117 Å². The first-order valence-electron chi connectivity index (χ1n) is 7.22. The smallest absolute Gasteiger partial charge is 0.306 e. The van der Waals surface area contributed by atoms with Crippen LogP contribution in [0.2, 0.25) is 0 Å². The molecular formula is C13H20N4O3. The number of aliphatic hydroxyl groups excluding tert-OH is 1. The van der Waals surface area contributed by atoms with Crippen molar-refractivity contribution < 1.29 is 10.0 Å². The van der Waals surface area contributed by atoms with Gasteiger partial charge in [0, 0.05) is 12.6 Å². The molecule has 7 heteroatoms. The number of aromatic nitrogens is 2. The van der Waals surface area contributed by atoms with Crippen LogP contribution in [0.3, 0.4) is 0 Å². The molecule has 0 saturated heterocycles. The number of aliphatic hydroxyl groups is 1. The van der Waals surface area contributed by atoms with Gasteiger partial charge in [-0.3, -0.25) is 14.8 Å². The maximum atomic E-state index is 10.6. The molecule has 0 aliphatic heterocycles. The summed E-state index contributed by atoms with van der Waals surface area (Å²) in [5.74, 6) is 1.58. The van der Waals surface area contributed by atoms with Gasteiger partial charge in [-0.25, -0.2) is 0 Å². The van der Waals surface area contributed by atoms with E-state index in [0.717, 1.165) is 11.8 Å². The van der Waals surface area contributed by atoms with E-state index < -0.39 is 11.0 Å². The monoisotopic (exact) mass is 280 g/mol. The van der Waals surface area contributed by atoms with Crippen molar-refractivity contribution in [1.29, 1.82) is 0 Å². The van der Waals surface area contributed by atoms with Crippen LogP contribution in [0, 0.1) is 22.0 Å². The number of hydrogen-bond donors (Lipinski definition) is 2. The van der Waals surface area contributed by atoms with Crippen molar-refractivity contribution in [2.75, 3.05) is 6.54 Å². The first-order chi connectivity index (χ1) is 9.63. The van der Waals surface area contributed by atoms with Gasteiger partial charge < -0.3 is 10.4 Å². The molecule has 0 radical (unpaired) electrons. The SMILES string of the molecule is O=[N+]([O-])c1cnn(CC(O)CNC(C2CC2)C2CC2)c1. The Hall–Kier alpha value is -1.47. The van der Waals surface area contributed by atoms with Crippen molar-refractivity contribution in [3.63, 3.8) is 0 Å². The van der Waals surface area contributed by atoms with Crippen molar-refractivity contribution in [2.45, 2.75) is 44.4 Å². The maximum Gasteiger partial charge on any atom is 0.306 e. The molecule has 2 N–H and O–H groups in total. The van der Waals surface area contributed by atoms with Crippen LogP contribution in [0.25, 0.3) is 0 Å². The van der Waals surface area contributed by atoms with E-state index in [1.54, 1.807) is 0 Å². The molecule has 2 aliphatic carbocycles. The summed E-state index contributed by atoms with van der Waals surface area (Å²) in [6, 6.07) is 0.552. The van der Waals surface area contributed by atoms with Crippen molar-refractivity contribution in [2.24, 2.45) is 11.8 Å². The maximum absolute atomic E-state index is 10.6. The Bertz CT molecular complexity index is 470. The van der Waals surface area contributed by atoms with Gasteiger partial charge in [0.2, 0.25) is 0 Å². The van der Waals surface area contributed by atoms with Gasteiger partial charge in [0.25, 0.3) is 0 Å². The van der Waals surface area contributed by atoms with E-state index in [0.29, 0.717) is 12.6 Å². The summed E-state index contributed by atoms with van der Waals surface area (Å²) in [6.07, 6.45) is 7.19. The number of nitro groups is 1. The highest BCUT2D eigenvalue weighted by atomic mass is 16.6. The molecule has 0 amide bonds. The van der Waals surface area contributed by atoms with Gasteiger partial charge in [-0.2, -0.15) is 5.10 Å². The molecule has 2 aliphatic rings. The molecule has 0 bridgehead atoms. The molecule has 2 saturated carbocycles. The molecule has 110 valence electrons. The lowest BCUT2D eigenvalue weighted by atomic mass is 10.1. The summed E-state index contributed by atoms with van der Waals surface area (Å²) < 4.78 is 1.42. The highest BCUT2D eigenvalue weighted by Gasteiger charge is 2.41. The van der Waals surface area contributed by atoms with Crippen LogP contribution in [0.4, 0.5) is 5.69 Å². The molecule has 1 aromatic rings. The Morgan fingerprint density at radius 1 is 1.45 bits per heavy atom. The Balaban J connectivity index is 1.46. The normalized spacial score (nSPS) is 20.3. The molecule has 1 heterocycles. The zero-order chi connectivity index (χ0) is 14.1. The second-order valence-corrected chi connectivity index (χ2v) is 5.94. The van der Waals surface area contributed by atoms with Crippen LogP contribution >= 0.6 is 0 Å². The molecule has 1 aromatic heterocycles. The van der Waals surface area contributed by atoms with Gasteiger partial charge in [-0.15, -0.1) is 0 Å². The lowest BCUT2D eigenvalue weighted by Crippen LogP contribution is -2.39. The second kappa shape index (κ2) is 5.49. The Kier molecular flexibility index (Phi) is 3.71. The van der Waals surface area contributed by atoms with Crippen LogP contribution in [0.1, 0.15) is 25.7 Å². The molecule has 1 atom stereocenters. The van der Waals surface area contributed by atoms with E-state index >= 15 is 0 Å². The predicted octanol–water partition coefficient (Wildman–Crippen LogP) is 0.930. The zero-order valence-corrected chi connectivity index (χ0v) is 11.3. The summed E-state index contributed by atoms with van der Waals surface area (Å²) in [5.41, 5.74) is -0.0426. The van der Waals surface area contributed by atoms with E-state index in [1.807, 2.05) is 0 Å². The number of rotatable bonds is 8. The number of hydrogen-bond acceptors (Lipinski definition) is 5. The fourth-order valence-electron chi connectivity index (χ4n) is 2.73. The molecule has 0 aromatic carbocycles. The van der Waals surface area contributed by atoms with Crippen LogP contribution in [0.5, 0.6) is 0 Å². The fraction of sp³-hybridized carbons (Fsp3) is 0.769. The summed E-state index contributed by atoms with van der Waals surface area (Å²) in [4.78, 5) is 10.1. The summed E-state index contributed by atoms with van der Waals surface area (Å²) in [5, 5.41) is 27.9. The summed E-state index contributed by atoms with van der Waals surface area (Å²) in [6.45, 7) is 0.800. The first-order valence-corrected chi connectivity index (χ1v) is 7.22. The lowest BCUT2D eigenvalue weighted by Gasteiger charge is -2.20. The van der Waals surface area contributed by atoms with Crippen LogP contribution in [-0.4, -0.2) is 38.5 Å². The average molecular weight is 280 g/mol. The van der Waals surface area contributed by atoms with Gasteiger partial charge in [-0.05, 0) is 37.5 Å². The van der Waals surface area contributed by atoms with Gasteiger partial charge in [-0.1, -0.05) is 0 Å². The largest absolute Gasteiger partial charge is 0.390 e. The Morgan fingerprint density at radius 3 is 2.60 bits per heavy atom. The van der Waals surface area contributed by atoms with Crippen molar-refractivity contribution in [3.05, 3.63) is 22.5 Å². The third kappa shape index (κ3) is 3.34. The molecular weight excluding hydrogens is 260 g/mol. The summed E-state index contributed by atoms with van der Waals surface area (Å²) in [7, 11) is 0. The molecule has 0 spiro atoms. The number of nitrogens with zero attached hydrogens (tertiary/aromatic N) is 3. The fourth-order valence-corrected chi connectivity index (χ4v) is 2.73. The molecule has 7 nitrogen and oxygen atoms in total. The van der Waals surface area contributed by atoms with Crippen LogP contribution in [-0.2, 0) is 6.54 Å². The minimum Gasteiger partial charge on any atom is -0.390 e. The molecule has 1 unspecified atom stereocenters. The minimum atomic E-state index is -0.575. The van der Waals surface area contributed by atoms with Gasteiger partial charge >= 0.3 is 5.69 Å². The van der Waals surface area contributed by atoms with E-state index in [-0.39, 0.29) is 12.2 Å². The third-order valence-corrected chi connectivity index (χ3v) is 4.08. The quantitative estimate of drug-likeness (QED) is 0.546. The van der Waals surface area contributed by atoms with Crippen LogP contribution < -0.4 is 5.32 Å². The van der Waals surface area contributed by atoms with E-state index in [9.17, 15) is 15.2 Å². The topological polar surface area (TPSA) is 93.2 Å². The van der Waals surface area contributed by atoms with Gasteiger partial charge in [0.05, 0.1) is 17.6 Å². The average Bonchev–Trinajstić information content (AvgIpc) is 3.31. The zero-order valence-electron chi connectivity index (χ0n) is 11.3. The standard InChI is InChI=1S/C13H20N4O3/c18-12(8-16-7-11(5-15-16)17(19)20)6-14-13(9-1-2-9)10-3-4-10/h5,7,9-10,12-14,18H,1-4,6,8H2. The van der Waals surface area contributed by atoms with E-state index in [4.69, 9.17) is 0 Å². The van der Waals surface area contributed by atoms with E-state index in [1.165, 1.54) is 42.8 Å². The minimum absolute atomic E-state index is 0.0426. The van der Waals surface area contributed by atoms with Crippen LogP contribution in [0.15, 0.2) is 12.4 Å². The number of nitrogens with one attached hydrogen (secondary N) is 1. The summed E-state index contributed by atoms with van der Waals surface area (Å²) >= 11 is 0. The van der Waals surface area contributed by atoms with Gasteiger partial charge in [0.1, 0.15) is 12.4 Å². The predicted molar refractivity (Wildman–Crippen MR) is 72.1 cm³/mol. The van der Waals surface area contributed by atoms with Gasteiger partial charge in [0.15, 0.2) is 0 Å². The van der Waals surface area contributed by atoms with Crippen molar-refractivity contribution >= 4 is 5.69 Å². The Morgan fingerprint density at radius 2 is 2.10 bits per heavy atom. The highest BCUT2D eigenvalue weighted by molar-refractivity contribution is 5.20. The highest BCUT2D eigenvalue weighted by Crippen LogP contribution is 2.44. The first kappa shape index (κ1) is 13.5. The van der Waals surface area contributed by atoms with Crippen molar-refractivity contribution in [1.82, 2.24) is 15.1 Å². The molecule has 20 heavy (non-hydrogen) atoms. The molecule has 3 rings (SSSR count). The second-order valence-electron chi connectivity index (χ2n) is 5.94. The third-order valence-electron chi connectivity index (χ3n) is 4.08. The van der Waals surface area contributed by atoms with E-state index in [2.05, 4.69) is 10.4 Å². The lowest BCUT2D eigenvalue weighted by molar-refractivity contribution is -0.385. The molecule has 2 fully saturated rings. The van der Waals surface area contributed by atoms with Crippen molar-refractivity contribution in [3.8, 4) is 0 Å².